The number of carbonyl (C=O) groups excluding carboxylic acids is 1. The molecule has 0 radical (unpaired) electrons. The quantitative estimate of drug-likeness (QED) is 0.372. The number of pyridine rings is 1. The fourth-order valence-corrected chi connectivity index (χ4v) is 4.35. The minimum atomic E-state index is -0.106. The standard InChI is InChI=1S/C24H30N4O2S/c1-17(2)13-27(14-18(3)4)22(29)16-31-24-26-21-10-6-5-9-20(21)23(30)28(24)15-19-8-7-11-25-12-19/h5-12,17-18H,13-16H2,1-4H3. The fraction of sp³-hybridized carbons (Fsp3) is 0.417. The maximum atomic E-state index is 13.2. The second-order valence-corrected chi connectivity index (χ2v) is 9.48. The first kappa shape index (κ1) is 23.0. The molecule has 0 unspecified atom stereocenters. The van der Waals surface area contributed by atoms with Gasteiger partial charge >= 0.3 is 0 Å². The summed E-state index contributed by atoms with van der Waals surface area (Å²) in [6.07, 6.45) is 3.45. The highest BCUT2D eigenvalue weighted by atomic mass is 32.2. The Morgan fingerprint density at radius 2 is 1.77 bits per heavy atom. The van der Waals surface area contributed by atoms with Crippen molar-refractivity contribution in [1.29, 1.82) is 0 Å². The van der Waals surface area contributed by atoms with Gasteiger partial charge in [0, 0.05) is 25.5 Å². The Morgan fingerprint density at radius 3 is 2.42 bits per heavy atom. The molecule has 0 saturated heterocycles. The zero-order valence-corrected chi connectivity index (χ0v) is 19.4. The molecule has 0 saturated carbocycles. The molecule has 0 atom stereocenters. The van der Waals surface area contributed by atoms with E-state index in [0.717, 1.165) is 18.7 Å². The average Bonchev–Trinajstić information content (AvgIpc) is 2.74. The number of aromatic nitrogens is 3. The molecule has 2 heterocycles. The lowest BCUT2D eigenvalue weighted by Crippen LogP contribution is -2.38. The van der Waals surface area contributed by atoms with Crippen LogP contribution in [0.2, 0.25) is 0 Å². The maximum Gasteiger partial charge on any atom is 0.262 e. The Balaban J connectivity index is 1.90. The minimum absolute atomic E-state index is 0.0720. The summed E-state index contributed by atoms with van der Waals surface area (Å²) in [7, 11) is 0. The van der Waals surface area contributed by atoms with Crippen LogP contribution in [0.3, 0.4) is 0 Å². The number of amides is 1. The molecule has 1 amide bonds. The van der Waals surface area contributed by atoms with Gasteiger partial charge in [-0.2, -0.15) is 0 Å². The first-order chi connectivity index (χ1) is 14.8. The normalized spacial score (nSPS) is 11.4. The van der Waals surface area contributed by atoms with Crippen molar-refractivity contribution in [2.24, 2.45) is 11.8 Å². The number of hydrogen-bond donors (Lipinski definition) is 0. The lowest BCUT2D eigenvalue weighted by atomic mass is 10.1. The Kier molecular flexibility index (Phi) is 7.85. The van der Waals surface area contributed by atoms with Crippen LogP contribution in [0.25, 0.3) is 10.9 Å². The topological polar surface area (TPSA) is 68.1 Å². The zero-order valence-electron chi connectivity index (χ0n) is 18.6. The van der Waals surface area contributed by atoms with Crippen LogP contribution in [0.1, 0.15) is 33.3 Å². The molecule has 0 aliphatic rings. The van der Waals surface area contributed by atoms with Crippen molar-refractivity contribution in [3.05, 3.63) is 64.7 Å². The smallest absolute Gasteiger partial charge is 0.262 e. The third kappa shape index (κ3) is 6.17. The SMILES string of the molecule is CC(C)CN(CC(C)C)C(=O)CSc1nc2ccccc2c(=O)n1Cc1cccnc1. The summed E-state index contributed by atoms with van der Waals surface area (Å²) in [4.78, 5) is 37.0. The minimum Gasteiger partial charge on any atom is -0.341 e. The van der Waals surface area contributed by atoms with Gasteiger partial charge in [0.2, 0.25) is 5.91 Å². The summed E-state index contributed by atoms with van der Waals surface area (Å²) in [6, 6.07) is 11.1. The van der Waals surface area contributed by atoms with Crippen molar-refractivity contribution < 1.29 is 4.79 Å². The van der Waals surface area contributed by atoms with Crippen molar-refractivity contribution in [1.82, 2.24) is 19.4 Å². The van der Waals surface area contributed by atoms with E-state index in [1.807, 2.05) is 35.2 Å². The van der Waals surface area contributed by atoms with E-state index < -0.39 is 0 Å². The number of benzene rings is 1. The molecule has 6 nitrogen and oxygen atoms in total. The number of para-hydroxylation sites is 1. The van der Waals surface area contributed by atoms with Gasteiger partial charge in [0.25, 0.3) is 5.56 Å². The largest absolute Gasteiger partial charge is 0.341 e. The van der Waals surface area contributed by atoms with Gasteiger partial charge in [-0.25, -0.2) is 4.98 Å². The molecule has 1 aromatic carbocycles. The van der Waals surface area contributed by atoms with E-state index in [4.69, 9.17) is 4.98 Å². The molecule has 0 aliphatic carbocycles. The summed E-state index contributed by atoms with van der Waals surface area (Å²) < 4.78 is 1.65. The van der Waals surface area contributed by atoms with Crippen LogP contribution < -0.4 is 5.56 Å². The van der Waals surface area contributed by atoms with Crippen molar-refractivity contribution in [3.8, 4) is 0 Å². The predicted octanol–water partition coefficient (Wildman–Crippen LogP) is 4.07. The molecule has 0 aliphatic heterocycles. The average molecular weight is 439 g/mol. The third-order valence-corrected chi connectivity index (χ3v) is 5.70. The maximum absolute atomic E-state index is 13.2. The van der Waals surface area contributed by atoms with Crippen molar-refractivity contribution >= 4 is 28.6 Å². The van der Waals surface area contributed by atoms with E-state index in [1.165, 1.54) is 11.8 Å². The number of fused-ring (bicyclic) bond motifs is 1. The van der Waals surface area contributed by atoms with Gasteiger partial charge in [-0.15, -0.1) is 0 Å². The highest BCUT2D eigenvalue weighted by molar-refractivity contribution is 7.99. The van der Waals surface area contributed by atoms with Gasteiger partial charge in [0.1, 0.15) is 0 Å². The van der Waals surface area contributed by atoms with Gasteiger partial charge in [-0.1, -0.05) is 57.7 Å². The second kappa shape index (κ2) is 10.6. The molecule has 7 heteroatoms. The van der Waals surface area contributed by atoms with E-state index in [2.05, 4.69) is 32.7 Å². The van der Waals surface area contributed by atoms with Crippen molar-refractivity contribution in [2.75, 3.05) is 18.8 Å². The van der Waals surface area contributed by atoms with Gasteiger partial charge < -0.3 is 4.90 Å². The Bertz CT molecular complexity index is 1070. The Labute approximate surface area is 187 Å². The summed E-state index contributed by atoms with van der Waals surface area (Å²) in [5.41, 5.74) is 1.45. The van der Waals surface area contributed by atoms with Crippen LogP contribution in [0.5, 0.6) is 0 Å². The van der Waals surface area contributed by atoms with Gasteiger partial charge in [-0.3, -0.25) is 19.1 Å². The highest BCUT2D eigenvalue weighted by Gasteiger charge is 2.19. The van der Waals surface area contributed by atoms with E-state index >= 15 is 0 Å². The highest BCUT2D eigenvalue weighted by Crippen LogP contribution is 2.20. The van der Waals surface area contributed by atoms with E-state index in [9.17, 15) is 9.59 Å². The van der Waals surface area contributed by atoms with Crippen molar-refractivity contribution in [3.63, 3.8) is 0 Å². The Morgan fingerprint density at radius 1 is 1.06 bits per heavy atom. The molecule has 0 N–H and O–H groups in total. The summed E-state index contributed by atoms with van der Waals surface area (Å²) in [6.45, 7) is 10.3. The van der Waals surface area contributed by atoms with E-state index in [-0.39, 0.29) is 17.2 Å². The number of nitrogens with zero attached hydrogens (tertiary/aromatic N) is 4. The van der Waals surface area contributed by atoms with Crippen LogP contribution in [-0.4, -0.2) is 44.2 Å². The number of thioether (sulfide) groups is 1. The molecule has 0 fully saturated rings. The molecule has 164 valence electrons. The first-order valence-corrected chi connectivity index (χ1v) is 11.6. The van der Waals surface area contributed by atoms with Crippen LogP contribution >= 0.6 is 11.8 Å². The predicted molar refractivity (Wildman–Crippen MR) is 126 cm³/mol. The molecular formula is C24H30N4O2S. The molecule has 3 aromatic rings. The second-order valence-electron chi connectivity index (χ2n) is 8.54. The molecule has 0 bridgehead atoms. The summed E-state index contributed by atoms with van der Waals surface area (Å²) in [5, 5.41) is 1.12. The zero-order chi connectivity index (χ0) is 22.4. The number of hydrogen-bond acceptors (Lipinski definition) is 5. The van der Waals surface area contributed by atoms with Gasteiger partial charge in [0.15, 0.2) is 5.16 Å². The van der Waals surface area contributed by atoms with Crippen LogP contribution in [-0.2, 0) is 11.3 Å². The number of rotatable bonds is 9. The van der Waals surface area contributed by atoms with Gasteiger partial charge in [0.05, 0.1) is 23.2 Å². The van der Waals surface area contributed by atoms with Gasteiger partial charge in [-0.05, 0) is 35.6 Å². The van der Waals surface area contributed by atoms with Crippen molar-refractivity contribution in [2.45, 2.75) is 39.4 Å². The van der Waals surface area contributed by atoms with Crippen LogP contribution in [0.15, 0.2) is 58.7 Å². The molecule has 31 heavy (non-hydrogen) atoms. The molecule has 2 aromatic heterocycles. The van der Waals surface area contributed by atoms with E-state index in [0.29, 0.717) is 34.4 Å². The lowest BCUT2D eigenvalue weighted by Gasteiger charge is -2.26. The lowest BCUT2D eigenvalue weighted by molar-refractivity contribution is -0.129. The summed E-state index contributed by atoms with van der Waals surface area (Å²) >= 11 is 1.33. The fourth-order valence-electron chi connectivity index (χ4n) is 3.45. The van der Waals surface area contributed by atoms with E-state index in [1.54, 1.807) is 23.0 Å². The third-order valence-electron chi connectivity index (χ3n) is 4.74. The molecule has 3 rings (SSSR count). The monoisotopic (exact) mass is 438 g/mol. The summed E-state index contributed by atoms with van der Waals surface area (Å²) in [5.74, 6) is 1.12. The van der Waals surface area contributed by atoms with Crippen LogP contribution in [0.4, 0.5) is 0 Å². The van der Waals surface area contributed by atoms with Crippen LogP contribution in [0, 0.1) is 11.8 Å². The molecular weight excluding hydrogens is 408 g/mol. The molecule has 0 spiro atoms. The Hall–Kier alpha value is -2.67. The first-order valence-electron chi connectivity index (χ1n) is 10.6. The number of carbonyl (C=O) groups is 1.